The van der Waals surface area contributed by atoms with Crippen LogP contribution in [-0.4, -0.2) is 44.1 Å². The molecular weight excluding hydrogens is 272 g/mol. The molecule has 6 heteroatoms. The van der Waals surface area contributed by atoms with Crippen LogP contribution in [-0.2, 0) is 11.2 Å². The fourth-order valence-electron chi connectivity index (χ4n) is 1.81. The summed E-state index contributed by atoms with van der Waals surface area (Å²) in [5.41, 5.74) is 6.53. The standard InChI is InChI=1S/C15H24N2O4/c16-8-10-20-11-12-21-14-6-4-13(5-7-14)3-1-2-9-17-15(18)19/h4-7,17H,1-3,8-12,16H2,(H,18,19). The molecule has 4 N–H and O–H groups in total. The van der Waals surface area contributed by atoms with Gasteiger partial charge in [0.05, 0.1) is 13.2 Å². The monoisotopic (exact) mass is 296 g/mol. The second-order valence-electron chi connectivity index (χ2n) is 4.58. The van der Waals surface area contributed by atoms with Crippen molar-refractivity contribution in [2.75, 3.05) is 32.9 Å². The molecule has 0 aliphatic heterocycles. The number of nitrogens with two attached hydrogens (primary N) is 1. The van der Waals surface area contributed by atoms with E-state index in [1.54, 1.807) is 0 Å². The van der Waals surface area contributed by atoms with Crippen LogP contribution in [0.1, 0.15) is 18.4 Å². The van der Waals surface area contributed by atoms with Gasteiger partial charge in [0.15, 0.2) is 0 Å². The molecule has 21 heavy (non-hydrogen) atoms. The van der Waals surface area contributed by atoms with Crippen LogP contribution in [0, 0.1) is 0 Å². The second-order valence-corrected chi connectivity index (χ2v) is 4.58. The van der Waals surface area contributed by atoms with Crippen molar-refractivity contribution in [1.29, 1.82) is 0 Å². The molecule has 0 aliphatic rings. The van der Waals surface area contributed by atoms with E-state index in [0.717, 1.165) is 25.0 Å². The lowest BCUT2D eigenvalue weighted by atomic mass is 10.1. The molecule has 0 spiro atoms. The van der Waals surface area contributed by atoms with Crippen LogP contribution in [0.4, 0.5) is 4.79 Å². The van der Waals surface area contributed by atoms with Crippen molar-refractivity contribution in [2.24, 2.45) is 5.73 Å². The average molecular weight is 296 g/mol. The Morgan fingerprint density at radius 3 is 2.57 bits per heavy atom. The Morgan fingerprint density at radius 2 is 1.90 bits per heavy atom. The van der Waals surface area contributed by atoms with Crippen LogP contribution in [0.15, 0.2) is 24.3 Å². The number of rotatable bonds is 11. The molecule has 0 atom stereocenters. The van der Waals surface area contributed by atoms with Gasteiger partial charge in [-0.2, -0.15) is 0 Å². The van der Waals surface area contributed by atoms with Gasteiger partial charge in [0, 0.05) is 13.1 Å². The first-order valence-electron chi connectivity index (χ1n) is 7.18. The van der Waals surface area contributed by atoms with E-state index in [1.807, 2.05) is 24.3 Å². The van der Waals surface area contributed by atoms with Gasteiger partial charge in [0.1, 0.15) is 12.4 Å². The van der Waals surface area contributed by atoms with Gasteiger partial charge in [0.2, 0.25) is 0 Å². The third-order valence-corrected chi connectivity index (χ3v) is 2.85. The van der Waals surface area contributed by atoms with E-state index >= 15 is 0 Å². The van der Waals surface area contributed by atoms with Gasteiger partial charge in [-0.25, -0.2) is 4.79 Å². The Balaban J connectivity index is 2.13. The van der Waals surface area contributed by atoms with Crippen molar-refractivity contribution in [3.8, 4) is 5.75 Å². The molecule has 0 saturated heterocycles. The maximum Gasteiger partial charge on any atom is 0.404 e. The van der Waals surface area contributed by atoms with Crippen LogP contribution in [0.2, 0.25) is 0 Å². The van der Waals surface area contributed by atoms with Crippen molar-refractivity contribution in [1.82, 2.24) is 5.32 Å². The highest BCUT2D eigenvalue weighted by Gasteiger charge is 1.98. The van der Waals surface area contributed by atoms with E-state index in [9.17, 15) is 4.79 Å². The van der Waals surface area contributed by atoms with Crippen LogP contribution >= 0.6 is 0 Å². The number of unbranched alkanes of at least 4 members (excludes halogenated alkanes) is 1. The number of nitrogens with one attached hydrogen (secondary N) is 1. The topological polar surface area (TPSA) is 93.8 Å². The van der Waals surface area contributed by atoms with E-state index in [-0.39, 0.29) is 0 Å². The van der Waals surface area contributed by atoms with Crippen LogP contribution in [0.5, 0.6) is 5.75 Å². The zero-order valence-electron chi connectivity index (χ0n) is 12.2. The maximum absolute atomic E-state index is 10.3. The normalized spacial score (nSPS) is 10.3. The van der Waals surface area contributed by atoms with Crippen molar-refractivity contribution in [3.05, 3.63) is 29.8 Å². The summed E-state index contributed by atoms with van der Waals surface area (Å²) >= 11 is 0. The number of carboxylic acid groups (broad SMARTS) is 1. The second kappa shape index (κ2) is 10.9. The van der Waals surface area contributed by atoms with E-state index in [1.165, 1.54) is 5.56 Å². The molecule has 1 amide bonds. The summed E-state index contributed by atoms with van der Waals surface area (Å²) in [7, 11) is 0. The fourth-order valence-corrected chi connectivity index (χ4v) is 1.81. The minimum atomic E-state index is -0.966. The largest absolute Gasteiger partial charge is 0.491 e. The minimum Gasteiger partial charge on any atom is -0.491 e. The van der Waals surface area contributed by atoms with Gasteiger partial charge in [-0.1, -0.05) is 12.1 Å². The van der Waals surface area contributed by atoms with E-state index in [2.05, 4.69) is 5.32 Å². The van der Waals surface area contributed by atoms with E-state index in [4.69, 9.17) is 20.3 Å². The Bertz CT molecular complexity index is 395. The van der Waals surface area contributed by atoms with Crippen LogP contribution in [0.25, 0.3) is 0 Å². The Hall–Kier alpha value is -1.79. The van der Waals surface area contributed by atoms with Gasteiger partial charge in [-0.15, -0.1) is 0 Å². The van der Waals surface area contributed by atoms with E-state index < -0.39 is 6.09 Å². The van der Waals surface area contributed by atoms with Gasteiger partial charge in [0.25, 0.3) is 0 Å². The first-order valence-corrected chi connectivity index (χ1v) is 7.18. The van der Waals surface area contributed by atoms with E-state index in [0.29, 0.717) is 32.9 Å². The SMILES string of the molecule is NCCOCCOc1ccc(CCCCNC(=O)O)cc1. The number of hydrogen-bond acceptors (Lipinski definition) is 4. The molecule has 1 aromatic carbocycles. The molecule has 1 aromatic rings. The number of benzene rings is 1. The summed E-state index contributed by atoms with van der Waals surface area (Å²) in [6.45, 7) is 2.63. The summed E-state index contributed by atoms with van der Waals surface area (Å²) in [5.74, 6) is 0.822. The third kappa shape index (κ3) is 8.88. The maximum atomic E-state index is 10.3. The minimum absolute atomic E-state index is 0.499. The van der Waals surface area contributed by atoms with Crippen LogP contribution < -0.4 is 15.8 Å². The average Bonchev–Trinajstić information content (AvgIpc) is 2.48. The molecule has 0 saturated carbocycles. The predicted octanol–water partition coefficient (Wildman–Crippen LogP) is 1.63. The van der Waals surface area contributed by atoms with Gasteiger partial charge in [-0.05, 0) is 37.0 Å². The molecule has 1 rings (SSSR count). The van der Waals surface area contributed by atoms with Gasteiger partial charge >= 0.3 is 6.09 Å². The molecule has 0 heterocycles. The lowest BCUT2D eigenvalue weighted by Crippen LogP contribution is -2.21. The van der Waals surface area contributed by atoms with Gasteiger partial charge in [-0.3, -0.25) is 0 Å². The summed E-state index contributed by atoms with van der Waals surface area (Å²) in [6.07, 6.45) is 1.75. The Kier molecular flexibility index (Phi) is 8.99. The highest BCUT2D eigenvalue weighted by molar-refractivity contribution is 5.64. The molecule has 0 fully saturated rings. The lowest BCUT2D eigenvalue weighted by molar-refractivity contribution is 0.106. The summed E-state index contributed by atoms with van der Waals surface area (Å²) in [5, 5.41) is 10.8. The quantitative estimate of drug-likeness (QED) is 0.540. The third-order valence-electron chi connectivity index (χ3n) is 2.85. The molecular formula is C15H24N2O4. The van der Waals surface area contributed by atoms with Crippen molar-refractivity contribution < 1.29 is 19.4 Å². The number of amides is 1. The molecule has 6 nitrogen and oxygen atoms in total. The number of hydrogen-bond donors (Lipinski definition) is 3. The zero-order valence-corrected chi connectivity index (χ0v) is 12.2. The number of carbonyl (C=O) groups is 1. The molecule has 118 valence electrons. The van der Waals surface area contributed by atoms with Crippen LogP contribution in [0.3, 0.4) is 0 Å². The summed E-state index contributed by atoms with van der Waals surface area (Å²) in [4.78, 5) is 10.3. The number of ether oxygens (including phenoxy) is 2. The predicted molar refractivity (Wildman–Crippen MR) is 80.8 cm³/mol. The van der Waals surface area contributed by atoms with Crippen molar-refractivity contribution >= 4 is 6.09 Å². The molecule has 0 aromatic heterocycles. The van der Waals surface area contributed by atoms with Crippen molar-refractivity contribution in [2.45, 2.75) is 19.3 Å². The zero-order chi connectivity index (χ0) is 15.3. The molecule has 0 bridgehead atoms. The first kappa shape index (κ1) is 17.3. The van der Waals surface area contributed by atoms with Gasteiger partial charge < -0.3 is 25.6 Å². The molecule has 0 unspecified atom stereocenters. The molecule has 0 radical (unpaired) electrons. The Morgan fingerprint density at radius 1 is 1.14 bits per heavy atom. The Labute approximate surface area is 125 Å². The summed E-state index contributed by atoms with van der Waals surface area (Å²) < 4.78 is 10.8. The lowest BCUT2D eigenvalue weighted by Gasteiger charge is -2.08. The smallest absolute Gasteiger partial charge is 0.404 e. The highest BCUT2D eigenvalue weighted by atomic mass is 16.5. The molecule has 0 aliphatic carbocycles. The summed E-state index contributed by atoms with van der Waals surface area (Å²) in [6, 6.07) is 7.93. The van der Waals surface area contributed by atoms with Crippen molar-refractivity contribution in [3.63, 3.8) is 0 Å². The number of aryl methyl sites for hydroxylation is 1. The fraction of sp³-hybridized carbons (Fsp3) is 0.533. The highest BCUT2D eigenvalue weighted by Crippen LogP contribution is 2.13. The first-order chi connectivity index (χ1) is 10.2.